The second-order valence-electron chi connectivity index (χ2n) is 26.0. The Balaban J connectivity index is 3.42. The average Bonchev–Trinajstić information content (AvgIpc) is 3.48. The lowest BCUT2D eigenvalue weighted by atomic mass is 10.0. The molecule has 0 rings (SSSR count). The number of aliphatic hydroxyl groups is 2. The number of carbonyl (C=O) groups excluding carboxylic acids is 2. The first kappa shape index (κ1) is 81.1. The van der Waals surface area contributed by atoms with E-state index >= 15 is 0 Å². The summed E-state index contributed by atoms with van der Waals surface area (Å²) in [6.07, 6.45) is 93.5. The molecule has 2 atom stereocenters. The lowest BCUT2D eigenvalue weighted by Gasteiger charge is -2.22. The number of allylic oxidation sites excluding steroid dienone is 6. The van der Waals surface area contributed by atoms with Crippen LogP contribution in [0.2, 0.25) is 0 Å². The van der Waals surface area contributed by atoms with E-state index in [4.69, 9.17) is 4.74 Å². The van der Waals surface area contributed by atoms with Gasteiger partial charge in [0.2, 0.25) is 5.91 Å². The van der Waals surface area contributed by atoms with Gasteiger partial charge in [-0.15, -0.1) is 0 Å². The van der Waals surface area contributed by atoms with E-state index < -0.39 is 12.1 Å². The molecule has 0 aromatic rings. The fourth-order valence-corrected chi connectivity index (χ4v) is 11.9. The first-order chi connectivity index (χ1) is 41.0. The molecule has 2 unspecified atom stereocenters. The first-order valence-corrected chi connectivity index (χ1v) is 37.7. The van der Waals surface area contributed by atoms with Crippen molar-refractivity contribution in [1.82, 2.24) is 5.32 Å². The zero-order chi connectivity index (χ0) is 59.9. The van der Waals surface area contributed by atoms with Crippen molar-refractivity contribution in [2.24, 2.45) is 0 Å². The van der Waals surface area contributed by atoms with Gasteiger partial charge in [0.05, 0.1) is 25.4 Å². The Morgan fingerprint density at radius 1 is 0.337 bits per heavy atom. The van der Waals surface area contributed by atoms with Crippen molar-refractivity contribution in [2.45, 2.75) is 431 Å². The van der Waals surface area contributed by atoms with Gasteiger partial charge in [-0.3, -0.25) is 9.59 Å². The Kier molecular flexibility index (Phi) is 70.9. The minimum atomic E-state index is -0.670. The molecule has 0 aromatic heterocycles. The van der Waals surface area contributed by atoms with Crippen LogP contribution in [0.3, 0.4) is 0 Å². The van der Waals surface area contributed by atoms with Gasteiger partial charge in [-0.1, -0.05) is 359 Å². The number of aliphatic hydroxyl groups excluding tert-OH is 2. The summed E-state index contributed by atoms with van der Waals surface area (Å²) in [6.45, 7) is 4.98. The molecule has 0 aliphatic heterocycles. The van der Waals surface area contributed by atoms with Crippen LogP contribution in [0.4, 0.5) is 0 Å². The van der Waals surface area contributed by atoms with Crippen molar-refractivity contribution >= 4 is 11.9 Å². The Labute approximate surface area is 519 Å². The highest BCUT2D eigenvalue weighted by Crippen LogP contribution is 2.19. The zero-order valence-electron chi connectivity index (χ0n) is 56.2. The monoisotopic (exact) mass is 1170 g/mol. The van der Waals surface area contributed by atoms with Crippen LogP contribution >= 0.6 is 0 Å². The van der Waals surface area contributed by atoms with Gasteiger partial charge in [-0.2, -0.15) is 0 Å². The van der Waals surface area contributed by atoms with Gasteiger partial charge in [0.25, 0.3) is 0 Å². The van der Waals surface area contributed by atoms with E-state index in [1.807, 2.05) is 0 Å². The molecule has 83 heavy (non-hydrogen) atoms. The molecule has 0 aliphatic rings. The minimum absolute atomic E-state index is 0.00946. The number of carbonyl (C=O) groups is 2. The molecule has 0 saturated heterocycles. The molecule has 3 N–H and O–H groups in total. The molecule has 1 amide bonds. The van der Waals surface area contributed by atoms with Crippen LogP contribution in [0.15, 0.2) is 36.5 Å². The summed E-state index contributed by atoms with van der Waals surface area (Å²) >= 11 is 0. The van der Waals surface area contributed by atoms with Crippen LogP contribution in [-0.4, -0.2) is 47.4 Å². The van der Waals surface area contributed by atoms with Crippen molar-refractivity contribution in [2.75, 3.05) is 13.2 Å². The number of unbranched alkanes of at least 4 members (excludes halogenated alkanes) is 54. The first-order valence-electron chi connectivity index (χ1n) is 37.7. The normalized spacial score (nSPS) is 12.7. The third-order valence-corrected chi connectivity index (χ3v) is 17.7. The van der Waals surface area contributed by atoms with Gasteiger partial charge in [-0.05, 0) is 83.5 Å². The molecule has 0 spiro atoms. The Bertz CT molecular complexity index is 1340. The summed E-state index contributed by atoms with van der Waals surface area (Å²) in [5, 5.41) is 23.4. The predicted octanol–water partition coefficient (Wildman–Crippen LogP) is 24.7. The SMILES string of the molecule is CCCCCCCC/C=C\CCCCCCCCCCCC(=O)OCCCCCCCCCCC/C=C\C/C=C\CCCCCCCCCCCC(=O)NC(CO)C(O)CCCCCCCCCCCCCCCCCCCCCCCC. The van der Waals surface area contributed by atoms with E-state index in [1.165, 1.54) is 334 Å². The van der Waals surface area contributed by atoms with Crippen LogP contribution in [0.25, 0.3) is 0 Å². The van der Waals surface area contributed by atoms with Gasteiger partial charge in [0.15, 0.2) is 0 Å². The summed E-state index contributed by atoms with van der Waals surface area (Å²) < 4.78 is 5.51. The second kappa shape index (κ2) is 72.6. The molecule has 490 valence electrons. The fraction of sp³-hybridized carbons (Fsp3) is 0.896. The summed E-state index contributed by atoms with van der Waals surface area (Å²) in [7, 11) is 0. The summed E-state index contributed by atoms with van der Waals surface area (Å²) in [5.74, 6) is -0.0273. The molecule has 0 bridgehead atoms. The Hall–Kier alpha value is -1.92. The molecule has 0 aliphatic carbocycles. The number of rotatable bonds is 71. The van der Waals surface area contributed by atoms with Crippen molar-refractivity contribution in [3.63, 3.8) is 0 Å². The maximum Gasteiger partial charge on any atom is 0.305 e. The van der Waals surface area contributed by atoms with E-state index in [9.17, 15) is 19.8 Å². The highest BCUT2D eigenvalue weighted by molar-refractivity contribution is 5.76. The average molecular weight is 1170 g/mol. The van der Waals surface area contributed by atoms with Crippen LogP contribution < -0.4 is 5.32 Å². The molecular weight excluding hydrogens is 1020 g/mol. The van der Waals surface area contributed by atoms with E-state index in [-0.39, 0.29) is 18.5 Å². The standard InChI is InChI=1S/C77H147NO5/c1-3-5-7-9-11-13-15-17-19-21-23-24-30-34-37-41-45-49-53-57-61-65-69-75(80)74(73-79)78-76(81)70-66-62-58-54-50-46-42-38-35-31-28-26-25-27-29-32-36-40-44-48-52-56-60-64-68-72-83-77(82)71-67-63-59-55-51-47-43-39-33-22-20-18-16-14-12-10-8-6-4-2/h18,20,26-29,74-75,79-80H,3-17,19,21-25,30-73H2,1-2H3,(H,78,81)/b20-18-,28-26-,29-27-. The Morgan fingerprint density at radius 3 is 0.928 bits per heavy atom. The van der Waals surface area contributed by atoms with E-state index in [0.717, 1.165) is 51.4 Å². The number of hydrogen-bond donors (Lipinski definition) is 3. The molecule has 6 nitrogen and oxygen atoms in total. The molecule has 0 aromatic carbocycles. The third-order valence-electron chi connectivity index (χ3n) is 17.7. The summed E-state index contributed by atoms with van der Waals surface area (Å²) in [6, 6.07) is -0.548. The summed E-state index contributed by atoms with van der Waals surface area (Å²) in [5.41, 5.74) is 0. The van der Waals surface area contributed by atoms with Gasteiger partial charge in [0.1, 0.15) is 0 Å². The quantitative estimate of drug-likeness (QED) is 0.0320. The predicted molar refractivity (Wildman–Crippen MR) is 366 cm³/mol. The summed E-state index contributed by atoms with van der Waals surface area (Å²) in [4.78, 5) is 24.7. The largest absolute Gasteiger partial charge is 0.466 e. The van der Waals surface area contributed by atoms with Gasteiger partial charge >= 0.3 is 5.97 Å². The van der Waals surface area contributed by atoms with Crippen LogP contribution in [0, 0.1) is 0 Å². The molecule has 0 heterocycles. The van der Waals surface area contributed by atoms with Gasteiger partial charge in [-0.25, -0.2) is 0 Å². The fourth-order valence-electron chi connectivity index (χ4n) is 11.9. The zero-order valence-corrected chi connectivity index (χ0v) is 56.2. The van der Waals surface area contributed by atoms with Gasteiger partial charge in [0, 0.05) is 12.8 Å². The van der Waals surface area contributed by atoms with Crippen molar-refractivity contribution in [3.8, 4) is 0 Å². The van der Waals surface area contributed by atoms with Crippen molar-refractivity contribution in [1.29, 1.82) is 0 Å². The Morgan fingerprint density at radius 2 is 0.602 bits per heavy atom. The topological polar surface area (TPSA) is 95.9 Å². The minimum Gasteiger partial charge on any atom is -0.466 e. The van der Waals surface area contributed by atoms with Crippen LogP contribution in [0.1, 0.15) is 418 Å². The molecule has 0 radical (unpaired) electrons. The maximum atomic E-state index is 12.6. The van der Waals surface area contributed by atoms with Crippen molar-refractivity contribution < 1.29 is 24.5 Å². The van der Waals surface area contributed by atoms with E-state index in [2.05, 4.69) is 55.6 Å². The lowest BCUT2D eigenvalue weighted by molar-refractivity contribution is -0.143. The smallest absolute Gasteiger partial charge is 0.305 e. The highest BCUT2D eigenvalue weighted by atomic mass is 16.5. The molecule has 0 fully saturated rings. The third kappa shape index (κ3) is 69.1. The number of esters is 1. The molecule has 0 saturated carbocycles. The number of amides is 1. The number of hydrogen-bond acceptors (Lipinski definition) is 5. The maximum absolute atomic E-state index is 12.6. The van der Waals surface area contributed by atoms with E-state index in [1.54, 1.807) is 0 Å². The number of nitrogens with one attached hydrogen (secondary N) is 1. The highest BCUT2D eigenvalue weighted by Gasteiger charge is 2.20. The van der Waals surface area contributed by atoms with Gasteiger partial charge < -0.3 is 20.3 Å². The second-order valence-corrected chi connectivity index (χ2v) is 26.0. The van der Waals surface area contributed by atoms with Crippen LogP contribution in [-0.2, 0) is 14.3 Å². The van der Waals surface area contributed by atoms with Crippen LogP contribution in [0.5, 0.6) is 0 Å². The molecular formula is C77H147NO5. The number of ether oxygens (including phenoxy) is 1. The van der Waals surface area contributed by atoms with Crippen molar-refractivity contribution in [3.05, 3.63) is 36.5 Å². The van der Waals surface area contributed by atoms with E-state index in [0.29, 0.717) is 25.9 Å². The molecule has 6 heteroatoms. The lowest BCUT2D eigenvalue weighted by Crippen LogP contribution is -2.45.